The van der Waals surface area contributed by atoms with Crippen LogP contribution >= 0.6 is 11.3 Å². The lowest BCUT2D eigenvalue weighted by atomic mass is 10.1. The molecule has 1 N–H and O–H groups in total. The van der Waals surface area contributed by atoms with Crippen molar-refractivity contribution in [3.63, 3.8) is 0 Å². The zero-order valence-electron chi connectivity index (χ0n) is 13.7. The summed E-state index contributed by atoms with van der Waals surface area (Å²) < 4.78 is 0. The van der Waals surface area contributed by atoms with Gasteiger partial charge in [-0.15, -0.1) is 11.3 Å². The maximum atomic E-state index is 4.89. The fourth-order valence-corrected chi connectivity index (χ4v) is 4.98. The van der Waals surface area contributed by atoms with Gasteiger partial charge in [-0.2, -0.15) is 0 Å². The number of fused-ring (bicyclic) bond motifs is 1. The third-order valence-electron chi connectivity index (χ3n) is 4.91. The lowest BCUT2D eigenvalue weighted by Crippen LogP contribution is -2.55. The van der Waals surface area contributed by atoms with Crippen LogP contribution in [0.2, 0.25) is 0 Å². The van der Waals surface area contributed by atoms with Gasteiger partial charge in [0.2, 0.25) is 0 Å². The van der Waals surface area contributed by atoms with E-state index in [9.17, 15) is 0 Å². The second-order valence-corrected chi connectivity index (χ2v) is 7.53. The van der Waals surface area contributed by atoms with Gasteiger partial charge in [0, 0.05) is 36.1 Å². The highest BCUT2D eigenvalue weighted by Gasteiger charge is 2.35. The molecule has 0 amide bonds. The van der Waals surface area contributed by atoms with Crippen LogP contribution in [0.3, 0.4) is 0 Å². The normalized spacial score (nSPS) is 27.9. The Bertz CT molecular complexity index is 487. The number of anilines is 1. The minimum absolute atomic E-state index is 0.407. The Morgan fingerprint density at radius 2 is 2.24 bits per heavy atom. The molecule has 0 aliphatic carbocycles. The summed E-state index contributed by atoms with van der Waals surface area (Å²) >= 11 is 1.89. The van der Waals surface area contributed by atoms with Crippen LogP contribution in [-0.4, -0.2) is 48.1 Å². The maximum Gasteiger partial charge on any atom is 0.186 e. The van der Waals surface area contributed by atoms with E-state index in [1.165, 1.54) is 41.6 Å². The number of piperazine rings is 1. The summed E-state index contributed by atoms with van der Waals surface area (Å²) in [5.41, 5.74) is 1.20. The number of aryl methyl sites for hydroxylation is 1. The Hall–Kier alpha value is -0.650. The van der Waals surface area contributed by atoms with Crippen LogP contribution in [0, 0.1) is 6.92 Å². The van der Waals surface area contributed by atoms with Crippen LogP contribution in [0.15, 0.2) is 0 Å². The minimum Gasteiger partial charge on any atom is -0.343 e. The highest BCUT2D eigenvalue weighted by Crippen LogP contribution is 2.34. The molecule has 0 spiro atoms. The van der Waals surface area contributed by atoms with E-state index >= 15 is 0 Å². The summed E-state index contributed by atoms with van der Waals surface area (Å²) in [6.45, 7) is 13.6. The van der Waals surface area contributed by atoms with Crippen LogP contribution in [0.25, 0.3) is 0 Å². The van der Waals surface area contributed by atoms with Gasteiger partial charge in [-0.05, 0) is 46.7 Å². The van der Waals surface area contributed by atoms with Gasteiger partial charge in [0.1, 0.15) is 0 Å². The number of rotatable bonds is 4. The molecule has 4 nitrogen and oxygen atoms in total. The van der Waals surface area contributed by atoms with E-state index in [1.807, 2.05) is 11.3 Å². The first kappa shape index (κ1) is 15.3. The molecule has 0 saturated carbocycles. The van der Waals surface area contributed by atoms with Crippen molar-refractivity contribution in [3.05, 3.63) is 10.6 Å². The van der Waals surface area contributed by atoms with Gasteiger partial charge in [0.05, 0.1) is 5.69 Å². The molecule has 3 heterocycles. The smallest absolute Gasteiger partial charge is 0.186 e. The van der Waals surface area contributed by atoms with Gasteiger partial charge in [0.25, 0.3) is 0 Å². The Kier molecular flexibility index (Phi) is 4.52. The van der Waals surface area contributed by atoms with Gasteiger partial charge in [-0.3, -0.25) is 4.90 Å². The SMILES string of the molecule is CCNC(C)c1sc(N2CC3CCCN3CC2C)nc1C. The summed E-state index contributed by atoms with van der Waals surface area (Å²) in [7, 11) is 0. The second-order valence-electron chi connectivity index (χ2n) is 6.52. The van der Waals surface area contributed by atoms with Gasteiger partial charge >= 0.3 is 0 Å². The summed E-state index contributed by atoms with van der Waals surface area (Å²) in [5, 5.41) is 4.74. The first-order chi connectivity index (χ1) is 10.1. The number of thiazole rings is 1. The Morgan fingerprint density at radius 1 is 1.43 bits per heavy atom. The highest BCUT2D eigenvalue weighted by atomic mass is 32.1. The van der Waals surface area contributed by atoms with Gasteiger partial charge in [-0.25, -0.2) is 4.98 Å². The molecular formula is C16H28N4S. The average Bonchev–Trinajstić information content (AvgIpc) is 3.03. The third kappa shape index (κ3) is 2.96. The molecule has 1 aromatic rings. The van der Waals surface area contributed by atoms with Crippen LogP contribution in [-0.2, 0) is 0 Å². The molecular weight excluding hydrogens is 280 g/mol. The lowest BCUT2D eigenvalue weighted by Gasteiger charge is -2.42. The van der Waals surface area contributed by atoms with E-state index in [0.29, 0.717) is 12.1 Å². The number of nitrogens with zero attached hydrogens (tertiary/aromatic N) is 3. The summed E-state index contributed by atoms with van der Waals surface area (Å²) in [6.07, 6.45) is 2.72. The van der Waals surface area contributed by atoms with Crippen molar-refractivity contribution in [1.82, 2.24) is 15.2 Å². The van der Waals surface area contributed by atoms with E-state index < -0.39 is 0 Å². The molecule has 2 aliphatic heterocycles. The second kappa shape index (κ2) is 6.23. The van der Waals surface area contributed by atoms with Crippen molar-refractivity contribution in [1.29, 1.82) is 0 Å². The average molecular weight is 308 g/mol. The van der Waals surface area contributed by atoms with E-state index in [4.69, 9.17) is 4.98 Å². The molecule has 0 bridgehead atoms. The number of hydrogen-bond donors (Lipinski definition) is 1. The molecule has 118 valence electrons. The molecule has 0 aromatic carbocycles. The quantitative estimate of drug-likeness (QED) is 0.927. The molecule has 2 aliphatic rings. The van der Waals surface area contributed by atoms with Crippen molar-refractivity contribution in [2.45, 2.75) is 58.7 Å². The monoisotopic (exact) mass is 308 g/mol. The molecule has 3 atom stereocenters. The molecule has 5 heteroatoms. The van der Waals surface area contributed by atoms with Crippen molar-refractivity contribution in [3.8, 4) is 0 Å². The van der Waals surface area contributed by atoms with E-state index in [-0.39, 0.29) is 0 Å². The molecule has 3 unspecified atom stereocenters. The first-order valence-electron chi connectivity index (χ1n) is 8.31. The predicted octanol–water partition coefficient (Wildman–Crippen LogP) is 2.79. The number of nitrogens with one attached hydrogen (secondary N) is 1. The van der Waals surface area contributed by atoms with Gasteiger partial charge in [-0.1, -0.05) is 6.92 Å². The fourth-order valence-electron chi connectivity index (χ4n) is 3.77. The predicted molar refractivity (Wildman–Crippen MR) is 90.3 cm³/mol. The maximum absolute atomic E-state index is 4.89. The number of aromatic nitrogens is 1. The zero-order valence-corrected chi connectivity index (χ0v) is 14.5. The Labute approximate surface area is 132 Å². The molecule has 0 radical (unpaired) electrons. The van der Waals surface area contributed by atoms with Crippen molar-refractivity contribution in [2.75, 3.05) is 31.1 Å². The van der Waals surface area contributed by atoms with Crippen molar-refractivity contribution in [2.24, 2.45) is 0 Å². The van der Waals surface area contributed by atoms with E-state index in [0.717, 1.165) is 19.1 Å². The van der Waals surface area contributed by atoms with Crippen molar-refractivity contribution < 1.29 is 0 Å². The van der Waals surface area contributed by atoms with Crippen LogP contribution in [0.4, 0.5) is 5.13 Å². The molecule has 3 rings (SSSR count). The molecule has 2 fully saturated rings. The Morgan fingerprint density at radius 3 is 3.00 bits per heavy atom. The minimum atomic E-state index is 0.407. The number of hydrogen-bond acceptors (Lipinski definition) is 5. The van der Waals surface area contributed by atoms with Crippen molar-refractivity contribution >= 4 is 16.5 Å². The van der Waals surface area contributed by atoms with Gasteiger partial charge in [0.15, 0.2) is 5.13 Å². The van der Waals surface area contributed by atoms with Crippen LogP contribution in [0.5, 0.6) is 0 Å². The fraction of sp³-hybridized carbons (Fsp3) is 0.812. The molecule has 1 aromatic heterocycles. The van der Waals surface area contributed by atoms with Crippen LogP contribution in [0.1, 0.15) is 50.2 Å². The van der Waals surface area contributed by atoms with E-state index in [2.05, 4.69) is 42.8 Å². The first-order valence-corrected chi connectivity index (χ1v) is 9.13. The topological polar surface area (TPSA) is 31.4 Å². The van der Waals surface area contributed by atoms with Crippen LogP contribution < -0.4 is 10.2 Å². The molecule has 21 heavy (non-hydrogen) atoms. The highest BCUT2D eigenvalue weighted by molar-refractivity contribution is 7.15. The van der Waals surface area contributed by atoms with E-state index in [1.54, 1.807) is 0 Å². The lowest BCUT2D eigenvalue weighted by molar-refractivity contribution is 0.203. The Balaban J connectivity index is 1.78. The summed E-state index contributed by atoms with van der Waals surface area (Å²) in [5.74, 6) is 0. The van der Waals surface area contributed by atoms with Gasteiger partial charge < -0.3 is 10.2 Å². The summed E-state index contributed by atoms with van der Waals surface area (Å²) in [4.78, 5) is 11.5. The molecule has 2 saturated heterocycles. The third-order valence-corrected chi connectivity index (χ3v) is 6.29. The summed E-state index contributed by atoms with van der Waals surface area (Å²) in [6, 6.07) is 1.73. The largest absolute Gasteiger partial charge is 0.343 e. The standard InChI is InChI=1S/C16H28N4S/c1-5-17-12(3)15-13(4)18-16(21-15)20-10-14-7-6-8-19(14)9-11(20)2/h11-12,14,17H,5-10H2,1-4H3. The zero-order chi connectivity index (χ0) is 15.0.